The monoisotopic (exact) mass is 456 g/mol. The van der Waals surface area contributed by atoms with Crippen molar-refractivity contribution in [2.75, 3.05) is 11.9 Å². The van der Waals surface area contributed by atoms with Crippen LogP contribution in [0.4, 0.5) is 5.69 Å². The fourth-order valence-electron chi connectivity index (χ4n) is 3.78. The van der Waals surface area contributed by atoms with Crippen LogP contribution in [-0.4, -0.2) is 17.5 Å². The first-order valence-electron chi connectivity index (χ1n) is 11.9. The van der Waals surface area contributed by atoms with Crippen LogP contribution in [-0.2, 0) is 4.79 Å². The van der Waals surface area contributed by atoms with E-state index >= 15 is 0 Å². The third-order valence-electron chi connectivity index (χ3n) is 6.27. The van der Waals surface area contributed by atoms with Gasteiger partial charge in [0.15, 0.2) is 12.2 Å². The Morgan fingerprint density at radius 2 is 1.74 bits per heavy atom. The Labute approximate surface area is 201 Å². The van der Waals surface area contributed by atoms with Crippen LogP contribution >= 0.6 is 0 Å². The summed E-state index contributed by atoms with van der Waals surface area (Å²) in [6.07, 6.45) is 1.09. The Morgan fingerprint density at radius 3 is 2.44 bits per heavy atom. The third kappa shape index (κ3) is 5.30. The molecular weight excluding hydrogens is 424 g/mol. The number of amides is 1. The van der Waals surface area contributed by atoms with Crippen LogP contribution in [0.1, 0.15) is 62.6 Å². The van der Waals surface area contributed by atoms with E-state index in [4.69, 9.17) is 9.15 Å². The smallest absolute Gasteiger partial charge is 0.262 e. The second-order valence-corrected chi connectivity index (χ2v) is 9.15. The molecule has 0 saturated carbocycles. The number of benzene rings is 3. The standard InChI is InChI=1S/C29H32N2O3/c1-6-19(4)21-9-12-24(13-10-21)33-17-28(32)30-25-16-23(8-7-20(25)5)29-31-26-15-22(18(2)3)11-14-27(26)34-29/h7-16,18-19H,6,17H2,1-5H3,(H,30,32)/t19-/m1/s1. The van der Waals surface area contributed by atoms with E-state index in [1.807, 2.05) is 43.3 Å². The molecule has 3 aromatic carbocycles. The zero-order chi connectivity index (χ0) is 24.2. The molecule has 4 aromatic rings. The summed E-state index contributed by atoms with van der Waals surface area (Å²) >= 11 is 0. The lowest BCUT2D eigenvalue weighted by Gasteiger charge is -2.12. The van der Waals surface area contributed by atoms with Gasteiger partial charge in [-0.05, 0) is 78.3 Å². The molecule has 0 aliphatic rings. The predicted molar refractivity (Wildman–Crippen MR) is 138 cm³/mol. The summed E-state index contributed by atoms with van der Waals surface area (Å²) in [4.78, 5) is 17.2. The van der Waals surface area contributed by atoms with Gasteiger partial charge < -0.3 is 14.5 Å². The van der Waals surface area contributed by atoms with Crippen LogP contribution in [0.15, 0.2) is 65.1 Å². The van der Waals surface area contributed by atoms with Crippen LogP contribution in [0.3, 0.4) is 0 Å². The van der Waals surface area contributed by atoms with Crippen molar-refractivity contribution in [3.8, 4) is 17.2 Å². The first-order chi connectivity index (χ1) is 16.3. The normalized spacial score (nSPS) is 12.2. The SMILES string of the molecule is CC[C@@H](C)c1ccc(OCC(=O)Nc2cc(-c3nc4cc(C(C)C)ccc4o3)ccc2C)cc1. The van der Waals surface area contributed by atoms with Crippen molar-refractivity contribution in [3.63, 3.8) is 0 Å². The molecule has 1 atom stereocenters. The number of carbonyl (C=O) groups excluding carboxylic acids is 1. The minimum Gasteiger partial charge on any atom is -0.484 e. The molecule has 0 spiro atoms. The summed E-state index contributed by atoms with van der Waals surface area (Å²) in [5, 5.41) is 2.95. The zero-order valence-corrected chi connectivity index (χ0v) is 20.5. The molecule has 0 aliphatic heterocycles. The molecule has 0 saturated heterocycles. The molecule has 1 amide bonds. The number of aryl methyl sites for hydroxylation is 1. The van der Waals surface area contributed by atoms with E-state index in [2.05, 4.69) is 62.3 Å². The van der Waals surface area contributed by atoms with Crippen LogP contribution < -0.4 is 10.1 Å². The number of oxazole rings is 1. The molecule has 0 unspecified atom stereocenters. The molecular formula is C29H32N2O3. The number of aromatic nitrogens is 1. The van der Waals surface area contributed by atoms with Crippen molar-refractivity contribution in [3.05, 3.63) is 77.4 Å². The lowest BCUT2D eigenvalue weighted by atomic mass is 9.99. The van der Waals surface area contributed by atoms with Crippen LogP contribution in [0.2, 0.25) is 0 Å². The van der Waals surface area contributed by atoms with Gasteiger partial charge in [0.1, 0.15) is 11.3 Å². The van der Waals surface area contributed by atoms with E-state index in [0.29, 0.717) is 29.2 Å². The van der Waals surface area contributed by atoms with E-state index in [0.717, 1.165) is 28.6 Å². The van der Waals surface area contributed by atoms with Gasteiger partial charge in [-0.15, -0.1) is 0 Å². The first-order valence-corrected chi connectivity index (χ1v) is 11.9. The van der Waals surface area contributed by atoms with Crippen molar-refractivity contribution >= 4 is 22.7 Å². The number of hydrogen-bond donors (Lipinski definition) is 1. The lowest BCUT2D eigenvalue weighted by molar-refractivity contribution is -0.118. The van der Waals surface area contributed by atoms with E-state index in [-0.39, 0.29) is 12.5 Å². The summed E-state index contributed by atoms with van der Waals surface area (Å²) < 4.78 is 11.7. The van der Waals surface area contributed by atoms with Gasteiger partial charge in [-0.25, -0.2) is 4.98 Å². The molecule has 0 bridgehead atoms. The third-order valence-corrected chi connectivity index (χ3v) is 6.27. The topological polar surface area (TPSA) is 64.4 Å². The van der Waals surface area contributed by atoms with Crippen molar-refractivity contribution in [1.29, 1.82) is 0 Å². The highest BCUT2D eigenvalue weighted by molar-refractivity contribution is 5.93. The number of anilines is 1. The molecule has 5 heteroatoms. The maximum Gasteiger partial charge on any atom is 0.262 e. The maximum absolute atomic E-state index is 12.6. The minimum atomic E-state index is -0.217. The van der Waals surface area contributed by atoms with Gasteiger partial charge in [-0.3, -0.25) is 4.79 Å². The number of rotatable bonds is 8. The Balaban J connectivity index is 1.45. The number of nitrogens with one attached hydrogen (secondary N) is 1. The number of ether oxygens (including phenoxy) is 1. The second-order valence-electron chi connectivity index (χ2n) is 9.15. The van der Waals surface area contributed by atoms with Gasteiger partial charge in [-0.2, -0.15) is 0 Å². The van der Waals surface area contributed by atoms with Crippen molar-refractivity contribution in [2.45, 2.75) is 52.9 Å². The van der Waals surface area contributed by atoms with Gasteiger partial charge in [0.2, 0.25) is 5.89 Å². The van der Waals surface area contributed by atoms with Gasteiger partial charge >= 0.3 is 0 Å². The van der Waals surface area contributed by atoms with E-state index in [1.54, 1.807) is 0 Å². The van der Waals surface area contributed by atoms with Crippen molar-refractivity contribution < 1.29 is 13.9 Å². The average Bonchev–Trinajstić information content (AvgIpc) is 3.27. The van der Waals surface area contributed by atoms with Gasteiger partial charge in [0.05, 0.1) is 0 Å². The van der Waals surface area contributed by atoms with Gasteiger partial charge in [0.25, 0.3) is 5.91 Å². The Kier molecular flexibility index (Phi) is 7.01. The molecule has 0 aliphatic carbocycles. The Morgan fingerprint density at radius 1 is 1.00 bits per heavy atom. The van der Waals surface area contributed by atoms with Crippen LogP contribution in [0.25, 0.3) is 22.6 Å². The molecule has 0 radical (unpaired) electrons. The number of carbonyl (C=O) groups is 1. The van der Waals surface area contributed by atoms with Gasteiger partial charge in [0, 0.05) is 11.3 Å². The van der Waals surface area contributed by atoms with Crippen molar-refractivity contribution in [2.24, 2.45) is 0 Å². The molecule has 176 valence electrons. The van der Waals surface area contributed by atoms with E-state index < -0.39 is 0 Å². The first kappa shape index (κ1) is 23.6. The summed E-state index contributed by atoms with van der Waals surface area (Å²) in [5.74, 6) is 1.92. The average molecular weight is 457 g/mol. The molecule has 34 heavy (non-hydrogen) atoms. The molecule has 4 rings (SSSR count). The highest BCUT2D eigenvalue weighted by Crippen LogP contribution is 2.29. The largest absolute Gasteiger partial charge is 0.484 e. The lowest BCUT2D eigenvalue weighted by Crippen LogP contribution is -2.20. The number of nitrogens with zero attached hydrogens (tertiary/aromatic N) is 1. The molecule has 1 N–H and O–H groups in total. The Bertz CT molecular complexity index is 1290. The maximum atomic E-state index is 12.6. The zero-order valence-electron chi connectivity index (χ0n) is 20.5. The second kappa shape index (κ2) is 10.1. The highest BCUT2D eigenvalue weighted by atomic mass is 16.5. The number of hydrogen-bond acceptors (Lipinski definition) is 4. The van der Waals surface area contributed by atoms with Crippen molar-refractivity contribution in [1.82, 2.24) is 4.98 Å². The number of fused-ring (bicyclic) bond motifs is 1. The molecule has 0 fully saturated rings. The van der Waals surface area contributed by atoms with Crippen LogP contribution in [0, 0.1) is 6.92 Å². The van der Waals surface area contributed by atoms with E-state index in [9.17, 15) is 4.79 Å². The minimum absolute atomic E-state index is 0.0623. The molecule has 1 aromatic heterocycles. The fourth-order valence-corrected chi connectivity index (χ4v) is 3.78. The molecule has 1 heterocycles. The summed E-state index contributed by atoms with van der Waals surface area (Å²) in [6, 6.07) is 19.8. The fraction of sp³-hybridized carbons (Fsp3) is 0.310. The summed E-state index contributed by atoms with van der Waals surface area (Å²) in [5.41, 5.74) is 6.55. The summed E-state index contributed by atoms with van der Waals surface area (Å²) in [6.45, 7) is 10.6. The summed E-state index contributed by atoms with van der Waals surface area (Å²) in [7, 11) is 0. The highest BCUT2D eigenvalue weighted by Gasteiger charge is 2.13. The van der Waals surface area contributed by atoms with E-state index in [1.165, 1.54) is 11.1 Å². The predicted octanol–water partition coefficient (Wildman–Crippen LogP) is 7.46. The quantitative estimate of drug-likeness (QED) is 0.299. The molecule has 5 nitrogen and oxygen atoms in total. The van der Waals surface area contributed by atoms with Gasteiger partial charge in [-0.1, -0.05) is 52.0 Å². The van der Waals surface area contributed by atoms with Crippen LogP contribution in [0.5, 0.6) is 5.75 Å². The Hall–Kier alpha value is -3.60.